The molecule has 0 amide bonds. The highest BCUT2D eigenvalue weighted by atomic mass is 79.9. The summed E-state index contributed by atoms with van der Waals surface area (Å²) in [6.45, 7) is 3.78. The highest BCUT2D eigenvalue weighted by Crippen LogP contribution is 2.24. The van der Waals surface area contributed by atoms with Crippen LogP contribution in [0.2, 0.25) is 0 Å². The fourth-order valence-electron chi connectivity index (χ4n) is 2.08. The van der Waals surface area contributed by atoms with E-state index in [9.17, 15) is 8.42 Å². The molecule has 1 saturated heterocycles. The predicted octanol–water partition coefficient (Wildman–Crippen LogP) is 1.79. The number of halogens is 1. The first-order valence-corrected chi connectivity index (χ1v) is 9.52. The van der Waals surface area contributed by atoms with Gasteiger partial charge in [-0.1, -0.05) is 34.3 Å². The van der Waals surface area contributed by atoms with E-state index in [0.717, 1.165) is 27.6 Å². The van der Waals surface area contributed by atoms with E-state index >= 15 is 0 Å². The third-order valence-corrected chi connectivity index (χ3v) is 6.68. The number of aromatic nitrogens is 3. The molecule has 2 rings (SSSR count). The van der Waals surface area contributed by atoms with Gasteiger partial charge in [-0.15, -0.1) is 10.2 Å². The second-order valence-corrected chi connectivity index (χ2v) is 9.03. The Labute approximate surface area is 125 Å². The van der Waals surface area contributed by atoms with Gasteiger partial charge < -0.3 is 4.57 Å². The van der Waals surface area contributed by atoms with Crippen molar-refractivity contribution in [2.75, 3.05) is 17.3 Å². The van der Waals surface area contributed by atoms with Crippen LogP contribution in [0.5, 0.6) is 0 Å². The molecule has 8 heteroatoms. The summed E-state index contributed by atoms with van der Waals surface area (Å²) in [5, 5.41) is 9.12. The largest absolute Gasteiger partial charge is 0.309 e. The number of thioether (sulfide) groups is 1. The molecule has 0 spiro atoms. The molecule has 0 N–H and O–H groups in total. The molecule has 0 aliphatic carbocycles. The van der Waals surface area contributed by atoms with Gasteiger partial charge in [-0.2, -0.15) is 0 Å². The van der Waals surface area contributed by atoms with Crippen LogP contribution in [0.4, 0.5) is 0 Å². The average molecular weight is 366 g/mol. The van der Waals surface area contributed by atoms with Gasteiger partial charge in [-0.05, 0) is 16.8 Å². The van der Waals surface area contributed by atoms with Crippen LogP contribution >= 0.6 is 27.7 Å². The van der Waals surface area contributed by atoms with E-state index in [1.54, 1.807) is 11.8 Å². The summed E-state index contributed by atoms with van der Waals surface area (Å²) in [6, 6.07) is 0. The summed E-state index contributed by atoms with van der Waals surface area (Å²) >= 11 is 4.87. The van der Waals surface area contributed by atoms with Crippen molar-refractivity contribution in [3.05, 3.63) is 16.9 Å². The SMILES string of the molecule is C=C(Br)CSc1nnc(CC2CCS(=O)(=O)C2)n1C. The number of nitrogens with zero attached hydrogens (tertiary/aromatic N) is 3. The monoisotopic (exact) mass is 365 g/mol. The second kappa shape index (κ2) is 5.97. The van der Waals surface area contributed by atoms with E-state index in [1.165, 1.54) is 0 Å². The maximum Gasteiger partial charge on any atom is 0.191 e. The van der Waals surface area contributed by atoms with Gasteiger partial charge in [0.15, 0.2) is 15.0 Å². The van der Waals surface area contributed by atoms with E-state index < -0.39 is 9.84 Å². The lowest BCUT2D eigenvalue weighted by Gasteiger charge is -2.07. The van der Waals surface area contributed by atoms with E-state index in [2.05, 4.69) is 32.7 Å². The summed E-state index contributed by atoms with van der Waals surface area (Å²) in [7, 11) is -0.909. The number of rotatable bonds is 5. The Bertz CT molecular complexity index is 583. The minimum atomic E-state index is -2.82. The van der Waals surface area contributed by atoms with Crippen LogP contribution in [0, 0.1) is 5.92 Å². The van der Waals surface area contributed by atoms with Crippen molar-refractivity contribution < 1.29 is 8.42 Å². The van der Waals surface area contributed by atoms with Gasteiger partial charge in [-0.25, -0.2) is 8.42 Å². The molecular weight excluding hydrogens is 350 g/mol. The maximum absolute atomic E-state index is 11.4. The number of hydrogen-bond donors (Lipinski definition) is 0. The zero-order valence-electron chi connectivity index (χ0n) is 10.7. The average Bonchev–Trinajstić information content (AvgIpc) is 2.82. The second-order valence-electron chi connectivity index (χ2n) is 4.74. The van der Waals surface area contributed by atoms with E-state index in [0.29, 0.717) is 12.2 Å². The fourth-order valence-corrected chi connectivity index (χ4v) is 4.97. The molecule has 0 bridgehead atoms. The third kappa shape index (κ3) is 4.06. The van der Waals surface area contributed by atoms with Gasteiger partial charge in [-0.3, -0.25) is 0 Å². The van der Waals surface area contributed by atoms with Gasteiger partial charge in [0.2, 0.25) is 0 Å². The van der Waals surface area contributed by atoms with Crippen molar-refractivity contribution in [1.82, 2.24) is 14.8 Å². The zero-order valence-corrected chi connectivity index (χ0v) is 13.9. The molecule has 1 aromatic rings. The topological polar surface area (TPSA) is 64.8 Å². The first-order valence-electron chi connectivity index (χ1n) is 5.92. The minimum absolute atomic E-state index is 0.178. The standard InChI is InChI=1S/C11H16BrN3O2S2/c1-8(12)6-18-11-14-13-10(15(11)2)5-9-3-4-19(16,17)7-9/h9H,1,3-7H2,2H3. The molecule has 1 fully saturated rings. The molecule has 0 saturated carbocycles. The molecule has 2 heterocycles. The normalized spacial score (nSPS) is 21.7. The van der Waals surface area contributed by atoms with Crippen LogP contribution < -0.4 is 0 Å². The van der Waals surface area contributed by atoms with E-state index in [1.807, 2.05) is 11.6 Å². The minimum Gasteiger partial charge on any atom is -0.309 e. The summed E-state index contributed by atoms with van der Waals surface area (Å²) in [6.07, 6.45) is 1.41. The molecule has 1 unspecified atom stereocenters. The van der Waals surface area contributed by atoms with Crippen LogP contribution in [-0.2, 0) is 23.3 Å². The Morgan fingerprint density at radius 1 is 1.58 bits per heavy atom. The quantitative estimate of drug-likeness (QED) is 0.744. The summed E-state index contributed by atoms with van der Waals surface area (Å²) in [5.41, 5.74) is 0. The predicted molar refractivity (Wildman–Crippen MR) is 80.3 cm³/mol. The molecule has 1 atom stereocenters. The highest BCUT2D eigenvalue weighted by molar-refractivity contribution is 9.11. The van der Waals surface area contributed by atoms with Crippen molar-refractivity contribution in [3.63, 3.8) is 0 Å². The van der Waals surface area contributed by atoms with Crippen molar-refractivity contribution in [3.8, 4) is 0 Å². The van der Waals surface area contributed by atoms with Crippen molar-refractivity contribution >= 4 is 37.5 Å². The molecule has 19 heavy (non-hydrogen) atoms. The summed E-state index contributed by atoms with van der Waals surface area (Å²) in [5.74, 6) is 2.35. The van der Waals surface area contributed by atoms with Gasteiger partial charge >= 0.3 is 0 Å². The van der Waals surface area contributed by atoms with Gasteiger partial charge in [0, 0.05) is 19.2 Å². The van der Waals surface area contributed by atoms with Gasteiger partial charge in [0.1, 0.15) is 5.82 Å². The first kappa shape index (κ1) is 15.1. The van der Waals surface area contributed by atoms with Gasteiger partial charge in [0.25, 0.3) is 0 Å². The lowest BCUT2D eigenvalue weighted by molar-refractivity contribution is 0.552. The lowest BCUT2D eigenvalue weighted by atomic mass is 10.1. The molecule has 1 aliphatic rings. The summed E-state index contributed by atoms with van der Waals surface area (Å²) < 4.78 is 25.7. The van der Waals surface area contributed by atoms with Crippen LogP contribution in [0.15, 0.2) is 16.2 Å². The molecule has 0 aromatic carbocycles. The van der Waals surface area contributed by atoms with Crippen molar-refractivity contribution in [2.24, 2.45) is 13.0 Å². The van der Waals surface area contributed by atoms with Gasteiger partial charge in [0.05, 0.1) is 11.5 Å². The molecule has 1 aromatic heterocycles. The summed E-state index contributed by atoms with van der Waals surface area (Å²) in [4.78, 5) is 0. The maximum atomic E-state index is 11.4. The zero-order chi connectivity index (χ0) is 14.0. The Kier molecular flexibility index (Phi) is 4.73. The molecule has 1 aliphatic heterocycles. The lowest BCUT2D eigenvalue weighted by Crippen LogP contribution is -2.11. The molecule has 0 radical (unpaired) electrons. The third-order valence-electron chi connectivity index (χ3n) is 3.08. The van der Waals surface area contributed by atoms with E-state index in [4.69, 9.17) is 0 Å². The number of sulfone groups is 1. The first-order chi connectivity index (χ1) is 8.87. The van der Waals surface area contributed by atoms with E-state index in [-0.39, 0.29) is 11.7 Å². The Morgan fingerprint density at radius 3 is 2.89 bits per heavy atom. The molecule has 106 valence electrons. The highest BCUT2D eigenvalue weighted by Gasteiger charge is 2.29. The Hall–Kier alpha value is -0.340. The number of hydrogen-bond acceptors (Lipinski definition) is 5. The van der Waals surface area contributed by atoms with Crippen LogP contribution in [0.1, 0.15) is 12.2 Å². The molecule has 5 nitrogen and oxygen atoms in total. The molecular formula is C11H16BrN3O2S2. The Balaban J connectivity index is 2.00. The van der Waals surface area contributed by atoms with Crippen LogP contribution in [-0.4, -0.2) is 40.4 Å². The van der Waals surface area contributed by atoms with Crippen molar-refractivity contribution in [1.29, 1.82) is 0 Å². The van der Waals surface area contributed by atoms with Crippen LogP contribution in [0.25, 0.3) is 0 Å². The Morgan fingerprint density at radius 2 is 2.32 bits per heavy atom. The smallest absolute Gasteiger partial charge is 0.191 e. The van der Waals surface area contributed by atoms with Crippen molar-refractivity contribution in [2.45, 2.75) is 18.0 Å². The van der Waals surface area contributed by atoms with Crippen LogP contribution in [0.3, 0.4) is 0 Å². The fraction of sp³-hybridized carbons (Fsp3) is 0.636.